The first-order valence-corrected chi connectivity index (χ1v) is 6.21. The quantitative estimate of drug-likeness (QED) is 0.800. The van der Waals surface area contributed by atoms with Gasteiger partial charge in [0.05, 0.1) is 6.10 Å². The van der Waals surface area contributed by atoms with Gasteiger partial charge in [-0.3, -0.25) is 0 Å². The van der Waals surface area contributed by atoms with Crippen LogP contribution in [-0.2, 0) is 0 Å². The molecular weight excluding hydrogens is 217 g/mol. The van der Waals surface area contributed by atoms with Crippen LogP contribution in [0.2, 0.25) is 0 Å². The van der Waals surface area contributed by atoms with Gasteiger partial charge in [0.15, 0.2) is 0 Å². The van der Waals surface area contributed by atoms with Crippen LogP contribution in [-0.4, -0.2) is 17.8 Å². The van der Waals surface area contributed by atoms with Crippen LogP contribution in [0.4, 0.5) is 4.39 Å². The van der Waals surface area contributed by atoms with E-state index in [1.165, 1.54) is 12.1 Å². The molecule has 0 fully saturated rings. The van der Waals surface area contributed by atoms with Crippen molar-refractivity contribution in [3.8, 4) is 0 Å². The molecule has 2 N–H and O–H groups in total. The van der Waals surface area contributed by atoms with Crippen LogP contribution in [0, 0.1) is 11.7 Å². The highest BCUT2D eigenvalue weighted by molar-refractivity contribution is 5.19. The third-order valence-electron chi connectivity index (χ3n) is 3.02. The van der Waals surface area contributed by atoms with Gasteiger partial charge in [-0.15, -0.1) is 0 Å². The molecule has 1 aromatic carbocycles. The molecule has 0 saturated carbocycles. The van der Waals surface area contributed by atoms with E-state index in [1.807, 2.05) is 13.8 Å². The van der Waals surface area contributed by atoms with Crippen LogP contribution in [0.1, 0.15) is 38.8 Å². The van der Waals surface area contributed by atoms with Crippen LogP contribution in [0.15, 0.2) is 24.3 Å². The molecule has 0 heterocycles. The highest BCUT2D eigenvalue weighted by Crippen LogP contribution is 2.17. The summed E-state index contributed by atoms with van der Waals surface area (Å²) < 4.78 is 12.8. The van der Waals surface area contributed by atoms with E-state index in [-0.39, 0.29) is 23.9 Å². The maximum atomic E-state index is 12.8. The predicted molar refractivity (Wildman–Crippen MR) is 68.3 cm³/mol. The molecule has 0 bridgehead atoms. The molecule has 0 aliphatic carbocycles. The highest BCUT2D eigenvalue weighted by Gasteiger charge is 2.13. The summed E-state index contributed by atoms with van der Waals surface area (Å²) in [4.78, 5) is 0. The summed E-state index contributed by atoms with van der Waals surface area (Å²) in [5.74, 6) is 0.0269. The summed E-state index contributed by atoms with van der Waals surface area (Å²) in [6.07, 6.45) is 0.570. The number of aliphatic hydroxyl groups is 1. The zero-order chi connectivity index (χ0) is 12.8. The molecule has 0 saturated heterocycles. The third-order valence-corrected chi connectivity index (χ3v) is 3.02. The van der Waals surface area contributed by atoms with Gasteiger partial charge in [-0.1, -0.05) is 32.9 Å². The Hall–Kier alpha value is -0.930. The van der Waals surface area contributed by atoms with Crippen LogP contribution < -0.4 is 5.32 Å². The second kappa shape index (κ2) is 6.72. The molecule has 0 aromatic heterocycles. The SMILES string of the molecule is CCC(NCC(O)C(C)C)c1ccc(F)cc1. The molecule has 2 nitrogen and oxygen atoms in total. The lowest BCUT2D eigenvalue weighted by molar-refractivity contribution is 0.120. The Morgan fingerprint density at radius 3 is 2.29 bits per heavy atom. The maximum Gasteiger partial charge on any atom is 0.123 e. The van der Waals surface area contributed by atoms with E-state index in [0.717, 1.165) is 12.0 Å². The average molecular weight is 239 g/mol. The Labute approximate surface area is 103 Å². The number of rotatable bonds is 6. The minimum Gasteiger partial charge on any atom is -0.392 e. The average Bonchev–Trinajstić information content (AvgIpc) is 2.31. The van der Waals surface area contributed by atoms with Gasteiger partial charge >= 0.3 is 0 Å². The van der Waals surface area contributed by atoms with Gasteiger partial charge in [0.2, 0.25) is 0 Å². The highest BCUT2D eigenvalue weighted by atomic mass is 19.1. The Kier molecular flexibility index (Phi) is 5.59. The topological polar surface area (TPSA) is 32.3 Å². The van der Waals surface area contributed by atoms with Crippen molar-refractivity contribution in [1.82, 2.24) is 5.32 Å². The Balaban J connectivity index is 2.57. The van der Waals surface area contributed by atoms with Crippen molar-refractivity contribution in [3.63, 3.8) is 0 Å². The molecule has 0 amide bonds. The van der Waals surface area contributed by atoms with Gasteiger partial charge in [0.1, 0.15) is 5.82 Å². The lowest BCUT2D eigenvalue weighted by Gasteiger charge is -2.21. The molecular formula is C14H22FNO. The summed E-state index contributed by atoms with van der Waals surface area (Å²) in [6, 6.07) is 6.69. The maximum absolute atomic E-state index is 12.8. The lowest BCUT2D eigenvalue weighted by atomic mass is 10.0. The van der Waals surface area contributed by atoms with E-state index in [1.54, 1.807) is 12.1 Å². The fourth-order valence-electron chi connectivity index (χ4n) is 1.69. The normalized spacial score (nSPS) is 14.9. The Morgan fingerprint density at radius 1 is 1.24 bits per heavy atom. The monoisotopic (exact) mass is 239 g/mol. The molecule has 0 aliphatic heterocycles. The van der Waals surface area contributed by atoms with Crippen molar-refractivity contribution in [2.24, 2.45) is 5.92 Å². The molecule has 17 heavy (non-hydrogen) atoms. The van der Waals surface area contributed by atoms with Crippen molar-refractivity contribution in [2.45, 2.75) is 39.3 Å². The number of hydrogen-bond acceptors (Lipinski definition) is 2. The van der Waals surface area contributed by atoms with Gasteiger partial charge in [0.25, 0.3) is 0 Å². The number of hydrogen-bond donors (Lipinski definition) is 2. The Morgan fingerprint density at radius 2 is 1.82 bits per heavy atom. The van der Waals surface area contributed by atoms with Crippen LogP contribution in [0.25, 0.3) is 0 Å². The zero-order valence-corrected chi connectivity index (χ0v) is 10.8. The van der Waals surface area contributed by atoms with E-state index in [0.29, 0.717) is 6.54 Å². The first-order chi connectivity index (χ1) is 8.04. The van der Waals surface area contributed by atoms with Gasteiger partial charge < -0.3 is 10.4 Å². The number of benzene rings is 1. The third kappa shape index (κ3) is 4.44. The van der Waals surface area contributed by atoms with E-state index in [4.69, 9.17) is 0 Å². The molecule has 1 rings (SSSR count). The minimum atomic E-state index is -0.343. The smallest absolute Gasteiger partial charge is 0.123 e. The first-order valence-electron chi connectivity index (χ1n) is 6.21. The number of halogens is 1. The lowest BCUT2D eigenvalue weighted by Crippen LogP contribution is -2.33. The molecule has 0 spiro atoms. The van der Waals surface area contributed by atoms with Gasteiger partial charge in [-0.2, -0.15) is 0 Å². The second-order valence-corrected chi connectivity index (χ2v) is 4.73. The van der Waals surface area contributed by atoms with Crippen LogP contribution in [0.5, 0.6) is 0 Å². The van der Waals surface area contributed by atoms with Crippen molar-refractivity contribution < 1.29 is 9.50 Å². The van der Waals surface area contributed by atoms with Gasteiger partial charge in [-0.25, -0.2) is 4.39 Å². The number of nitrogens with one attached hydrogen (secondary N) is 1. The standard InChI is InChI=1S/C14H22FNO/c1-4-13(16-9-14(17)10(2)3)11-5-7-12(15)8-6-11/h5-8,10,13-14,16-17H,4,9H2,1-3H3. The van der Waals surface area contributed by atoms with Gasteiger partial charge in [0, 0.05) is 12.6 Å². The predicted octanol–water partition coefficient (Wildman–Crippen LogP) is 2.88. The van der Waals surface area contributed by atoms with Crippen molar-refractivity contribution >= 4 is 0 Å². The molecule has 0 aliphatic rings. The van der Waals surface area contributed by atoms with Crippen molar-refractivity contribution in [3.05, 3.63) is 35.6 Å². The fraction of sp³-hybridized carbons (Fsp3) is 0.571. The summed E-state index contributed by atoms with van der Waals surface area (Å²) in [7, 11) is 0. The molecule has 2 unspecified atom stereocenters. The van der Waals surface area contributed by atoms with Crippen molar-refractivity contribution in [1.29, 1.82) is 0 Å². The minimum absolute atomic E-state index is 0.170. The van der Waals surface area contributed by atoms with E-state index in [9.17, 15) is 9.50 Å². The molecule has 1 aromatic rings. The number of aliphatic hydroxyl groups excluding tert-OH is 1. The summed E-state index contributed by atoms with van der Waals surface area (Å²) in [5, 5.41) is 13.1. The molecule has 0 radical (unpaired) electrons. The molecule has 96 valence electrons. The zero-order valence-electron chi connectivity index (χ0n) is 10.8. The van der Waals surface area contributed by atoms with Gasteiger partial charge in [-0.05, 0) is 30.0 Å². The Bertz CT molecular complexity index is 323. The largest absolute Gasteiger partial charge is 0.392 e. The summed E-state index contributed by atoms with van der Waals surface area (Å²) in [5.41, 5.74) is 1.06. The fourth-order valence-corrected chi connectivity index (χ4v) is 1.69. The van der Waals surface area contributed by atoms with Crippen LogP contribution in [0.3, 0.4) is 0 Å². The molecule has 3 heteroatoms. The molecule has 2 atom stereocenters. The summed E-state index contributed by atoms with van der Waals surface area (Å²) >= 11 is 0. The van der Waals surface area contributed by atoms with E-state index >= 15 is 0 Å². The first kappa shape index (κ1) is 14.1. The van der Waals surface area contributed by atoms with E-state index < -0.39 is 0 Å². The second-order valence-electron chi connectivity index (χ2n) is 4.73. The summed E-state index contributed by atoms with van der Waals surface area (Å²) in [6.45, 7) is 6.62. The van der Waals surface area contributed by atoms with E-state index in [2.05, 4.69) is 12.2 Å². The van der Waals surface area contributed by atoms with Crippen LogP contribution >= 0.6 is 0 Å². The van der Waals surface area contributed by atoms with Crippen molar-refractivity contribution in [2.75, 3.05) is 6.54 Å².